The lowest BCUT2D eigenvalue weighted by molar-refractivity contribution is 0.0701. The zero-order valence-electron chi connectivity index (χ0n) is 15.1. The zero-order chi connectivity index (χ0) is 18.5. The number of rotatable bonds is 2. The van der Waals surface area contributed by atoms with Crippen LogP contribution in [0.2, 0.25) is 0 Å². The summed E-state index contributed by atoms with van der Waals surface area (Å²) >= 11 is 1.46. The number of thiophene rings is 1. The lowest BCUT2D eigenvalue weighted by Gasteiger charge is -2.08. The van der Waals surface area contributed by atoms with Gasteiger partial charge in [0.15, 0.2) is 0 Å². The number of hydrogen-bond acceptors (Lipinski definition) is 4. The van der Waals surface area contributed by atoms with Crippen molar-refractivity contribution in [3.05, 3.63) is 50.2 Å². The van der Waals surface area contributed by atoms with E-state index in [0.29, 0.717) is 34.4 Å². The number of nitrogens with two attached hydrogens (primary N) is 1. The Hall–Kier alpha value is -1.85. The van der Waals surface area contributed by atoms with Crippen molar-refractivity contribution in [3.8, 4) is 5.75 Å². The van der Waals surface area contributed by atoms with Crippen molar-refractivity contribution in [1.29, 1.82) is 0 Å². The minimum atomic E-state index is -0.747. The van der Waals surface area contributed by atoms with E-state index in [2.05, 4.69) is 20.8 Å². The maximum Gasteiger partial charge on any atom is 0.346 e. The van der Waals surface area contributed by atoms with Gasteiger partial charge in [-0.2, -0.15) is 0 Å². The summed E-state index contributed by atoms with van der Waals surface area (Å²) in [7, 11) is 0. The molecule has 0 aliphatic heterocycles. The Labute approximate surface area is 152 Å². The average Bonchev–Trinajstić information content (AvgIpc) is 2.90. The quantitative estimate of drug-likeness (QED) is 0.750. The molecule has 2 aliphatic rings. The maximum absolute atomic E-state index is 11.1. The van der Waals surface area contributed by atoms with Crippen LogP contribution in [0.3, 0.4) is 0 Å². The van der Waals surface area contributed by atoms with Crippen LogP contribution in [0, 0.1) is 25.2 Å². The largest absolute Gasteiger partial charge is 0.508 e. The van der Waals surface area contributed by atoms with Gasteiger partial charge in [-0.3, -0.25) is 0 Å². The van der Waals surface area contributed by atoms with Crippen molar-refractivity contribution < 1.29 is 15.0 Å². The topological polar surface area (TPSA) is 83.5 Å². The van der Waals surface area contributed by atoms with Crippen molar-refractivity contribution in [2.24, 2.45) is 17.1 Å². The first-order valence-corrected chi connectivity index (χ1v) is 9.34. The molecule has 4 rings (SSSR count). The van der Waals surface area contributed by atoms with Gasteiger partial charge in [-0.05, 0) is 65.8 Å². The maximum atomic E-state index is 11.1. The van der Waals surface area contributed by atoms with Crippen LogP contribution in [-0.2, 0) is 13.0 Å². The van der Waals surface area contributed by atoms with Gasteiger partial charge in [0.1, 0.15) is 10.6 Å². The summed E-state index contributed by atoms with van der Waals surface area (Å²) in [5.41, 5.74) is 10.2. The molecule has 2 aliphatic carbocycles. The number of carbonyl (C=O) groups is 1. The van der Waals surface area contributed by atoms with Gasteiger partial charge in [0.2, 0.25) is 0 Å². The van der Waals surface area contributed by atoms with E-state index >= 15 is 0 Å². The number of fused-ring (bicyclic) bond motifs is 3. The fraction of sp³-hybridized carbons (Fsp3) is 0.450. The molecule has 0 saturated heterocycles. The Morgan fingerprint density at radius 3 is 2.60 bits per heavy atom. The fourth-order valence-electron chi connectivity index (χ4n) is 4.15. The molecule has 0 bridgehead atoms. The van der Waals surface area contributed by atoms with Crippen LogP contribution >= 0.6 is 11.3 Å². The van der Waals surface area contributed by atoms with Crippen molar-refractivity contribution in [3.63, 3.8) is 0 Å². The van der Waals surface area contributed by atoms with Crippen LogP contribution in [0.4, 0.5) is 0 Å². The van der Waals surface area contributed by atoms with E-state index in [9.17, 15) is 4.79 Å². The molecule has 2 aromatic rings. The standard InChI is InChI=1S/C12H14O2S.C8H11NO/c1-5-8-6(10(15-5)11(13)14)4-7-9(8)12(7,2)3;1-6-4-7(5-9)2-3-8(6)10/h7,9H,4H2,1-3H3,(H,13,14);2-4,10H,5,9H2,1H3/t7-,9-;/m1./s1. The van der Waals surface area contributed by atoms with E-state index in [1.807, 2.05) is 19.1 Å². The summed E-state index contributed by atoms with van der Waals surface area (Å²) in [6, 6.07) is 5.37. The molecule has 2 atom stereocenters. The summed E-state index contributed by atoms with van der Waals surface area (Å²) in [6.45, 7) is 9.04. The molecular formula is C20H25NO3S. The molecule has 1 saturated carbocycles. The lowest BCUT2D eigenvalue weighted by atomic mass is 9.95. The number of phenols is 1. The molecule has 1 fully saturated rings. The van der Waals surface area contributed by atoms with Crippen molar-refractivity contribution in [2.75, 3.05) is 0 Å². The highest BCUT2D eigenvalue weighted by Gasteiger charge is 2.63. The molecule has 5 heteroatoms. The van der Waals surface area contributed by atoms with Crippen molar-refractivity contribution in [1.82, 2.24) is 0 Å². The summed E-state index contributed by atoms with van der Waals surface area (Å²) in [5, 5.41) is 18.2. The molecule has 25 heavy (non-hydrogen) atoms. The predicted molar refractivity (Wildman–Crippen MR) is 100 cm³/mol. The van der Waals surface area contributed by atoms with Gasteiger partial charge in [-0.15, -0.1) is 11.3 Å². The molecule has 0 unspecified atom stereocenters. The predicted octanol–water partition coefficient (Wildman–Crippen LogP) is 4.21. The molecule has 0 amide bonds. The van der Waals surface area contributed by atoms with E-state index in [0.717, 1.165) is 23.1 Å². The Morgan fingerprint density at radius 2 is 2.04 bits per heavy atom. The van der Waals surface area contributed by atoms with Gasteiger partial charge >= 0.3 is 5.97 Å². The second-order valence-electron chi connectivity index (χ2n) is 7.62. The average molecular weight is 359 g/mol. The van der Waals surface area contributed by atoms with Crippen LogP contribution in [0.25, 0.3) is 0 Å². The second-order valence-corrected chi connectivity index (χ2v) is 8.84. The Kier molecular flexibility index (Phi) is 4.41. The second kappa shape index (κ2) is 6.15. The molecular weight excluding hydrogens is 334 g/mol. The van der Waals surface area contributed by atoms with Crippen LogP contribution in [0.1, 0.15) is 56.6 Å². The third kappa shape index (κ3) is 2.96. The van der Waals surface area contributed by atoms with E-state index in [1.54, 1.807) is 6.07 Å². The van der Waals surface area contributed by atoms with Gasteiger partial charge in [-0.1, -0.05) is 26.0 Å². The Balaban J connectivity index is 0.000000160. The number of carboxylic acid groups (broad SMARTS) is 1. The normalized spacial score (nSPS) is 21.8. The minimum Gasteiger partial charge on any atom is -0.508 e. The number of aromatic carboxylic acids is 1. The highest BCUT2D eigenvalue weighted by molar-refractivity contribution is 7.14. The number of benzene rings is 1. The SMILES string of the molecule is Cc1cc(CN)ccc1O.Cc1sc(C(=O)O)c2c1[C@H]1[C@@H](C2)C1(C)C. The van der Waals surface area contributed by atoms with Gasteiger partial charge in [-0.25, -0.2) is 4.79 Å². The number of aromatic hydroxyl groups is 1. The first-order chi connectivity index (χ1) is 11.7. The number of aryl methyl sites for hydroxylation is 2. The number of carboxylic acids is 1. The van der Waals surface area contributed by atoms with Gasteiger partial charge < -0.3 is 15.9 Å². The van der Waals surface area contributed by atoms with Gasteiger partial charge in [0, 0.05) is 11.4 Å². The van der Waals surface area contributed by atoms with E-state index < -0.39 is 5.97 Å². The minimum absolute atomic E-state index is 0.331. The van der Waals surface area contributed by atoms with Crippen molar-refractivity contribution >= 4 is 17.3 Å². The molecule has 1 aromatic carbocycles. The summed E-state index contributed by atoms with van der Waals surface area (Å²) < 4.78 is 0. The van der Waals surface area contributed by atoms with Crippen LogP contribution in [0.15, 0.2) is 18.2 Å². The first kappa shape index (κ1) is 18.0. The number of phenolic OH excluding ortho intramolecular Hbond substituents is 1. The van der Waals surface area contributed by atoms with E-state index in [4.69, 9.17) is 15.9 Å². The first-order valence-electron chi connectivity index (χ1n) is 8.52. The highest BCUT2D eigenvalue weighted by Crippen LogP contribution is 2.71. The molecule has 1 heterocycles. The molecule has 0 radical (unpaired) electrons. The molecule has 134 valence electrons. The third-order valence-corrected chi connectivity index (χ3v) is 6.86. The third-order valence-electron chi connectivity index (χ3n) is 5.71. The van der Waals surface area contributed by atoms with Crippen LogP contribution in [-0.4, -0.2) is 16.2 Å². The molecule has 1 aromatic heterocycles. The van der Waals surface area contributed by atoms with Crippen LogP contribution < -0.4 is 5.73 Å². The summed E-state index contributed by atoms with van der Waals surface area (Å²) in [5.74, 6) is 0.921. The lowest BCUT2D eigenvalue weighted by Crippen LogP contribution is -2.03. The Morgan fingerprint density at radius 1 is 1.36 bits per heavy atom. The van der Waals surface area contributed by atoms with E-state index in [1.165, 1.54) is 21.8 Å². The van der Waals surface area contributed by atoms with Gasteiger partial charge in [0.25, 0.3) is 0 Å². The fourth-order valence-corrected chi connectivity index (χ4v) is 5.22. The zero-order valence-corrected chi connectivity index (χ0v) is 15.9. The molecule has 4 N–H and O–H groups in total. The van der Waals surface area contributed by atoms with E-state index in [-0.39, 0.29) is 0 Å². The smallest absolute Gasteiger partial charge is 0.346 e. The number of hydrogen-bond donors (Lipinski definition) is 3. The summed E-state index contributed by atoms with van der Waals surface area (Å²) in [4.78, 5) is 12.9. The monoisotopic (exact) mass is 359 g/mol. The highest BCUT2D eigenvalue weighted by atomic mass is 32.1. The van der Waals surface area contributed by atoms with Gasteiger partial charge in [0.05, 0.1) is 0 Å². The van der Waals surface area contributed by atoms with Crippen LogP contribution in [0.5, 0.6) is 5.75 Å². The molecule has 0 spiro atoms. The molecule has 4 nitrogen and oxygen atoms in total. The Bertz CT molecular complexity index is 838. The van der Waals surface area contributed by atoms with Crippen molar-refractivity contribution in [2.45, 2.75) is 46.6 Å². The summed E-state index contributed by atoms with van der Waals surface area (Å²) in [6.07, 6.45) is 0.985.